The number of aromatic nitrogens is 1. The molecule has 0 aliphatic heterocycles. The molecule has 0 bridgehead atoms. The Bertz CT molecular complexity index is 1520. The van der Waals surface area contributed by atoms with E-state index in [9.17, 15) is 14.4 Å². The van der Waals surface area contributed by atoms with E-state index in [0.29, 0.717) is 35.4 Å². The lowest BCUT2D eigenvalue weighted by molar-refractivity contribution is -0.131. The number of carboxylic acid groups (broad SMARTS) is 1. The summed E-state index contributed by atoms with van der Waals surface area (Å²) in [5, 5.41) is 14.5. The number of carbonyl (C=O) groups is 2. The molecule has 0 saturated heterocycles. The third-order valence-corrected chi connectivity index (χ3v) is 6.43. The topological polar surface area (TPSA) is 134 Å². The number of amides is 2. The highest BCUT2D eigenvalue weighted by Gasteiger charge is 2.25. The summed E-state index contributed by atoms with van der Waals surface area (Å²) in [6, 6.07) is 19.5. The third kappa shape index (κ3) is 6.72. The van der Waals surface area contributed by atoms with Crippen LogP contribution >= 0.6 is 0 Å². The molecule has 2 amide bonds. The van der Waals surface area contributed by atoms with Crippen LogP contribution in [0.5, 0.6) is 5.75 Å². The summed E-state index contributed by atoms with van der Waals surface area (Å²) in [5.74, 6) is 0.497. The Balaban J connectivity index is 1.63. The fourth-order valence-corrected chi connectivity index (χ4v) is 4.33. The van der Waals surface area contributed by atoms with Gasteiger partial charge < -0.3 is 29.8 Å². The van der Waals surface area contributed by atoms with Crippen molar-refractivity contribution in [2.45, 2.75) is 32.5 Å². The molecule has 0 saturated carbocycles. The second-order valence-electron chi connectivity index (χ2n) is 9.14. The van der Waals surface area contributed by atoms with Crippen molar-refractivity contribution in [3.63, 3.8) is 0 Å². The van der Waals surface area contributed by atoms with Crippen LogP contribution < -0.4 is 21.0 Å². The quantitative estimate of drug-likeness (QED) is 0.281. The number of nitrogens with one attached hydrogen (secondary N) is 2. The number of methoxy groups -OCH3 is 1. The fourth-order valence-electron chi connectivity index (χ4n) is 4.33. The van der Waals surface area contributed by atoms with Gasteiger partial charge in [0.25, 0.3) is 6.01 Å². The normalized spacial score (nSPS) is 11.6. The predicted molar refractivity (Wildman–Crippen MR) is 147 cm³/mol. The number of likely N-dealkylation sites (N-methyl/N-ethyl adjacent to an activating group) is 1. The SMILES string of the molecule is COc1ccc(C[C@H](Nc2nc3ccc(CNC(=O)O)c(C)c3c(=O)o2)C(=O)N(C)Cc2ccccc2)cc1. The molecule has 202 valence electrons. The van der Waals surface area contributed by atoms with Crippen molar-refractivity contribution in [2.75, 3.05) is 19.5 Å². The molecule has 0 spiro atoms. The van der Waals surface area contributed by atoms with Crippen LogP contribution in [0, 0.1) is 6.92 Å². The zero-order chi connectivity index (χ0) is 27.9. The molecule has 3 aromatic carbocycles. The van der Waals surface area contributed by atoms with Gasteiger partial charge >= 0.3 is 11.7 Å². The van der Waals surface area contributed by atoms with Crippen molar-refractivity contribution in [3.05, 3.63) is 99.4 Å². The van der Waals surface area contributed by atoms with E-state index in [4.69, 9.17) is 14.3 Å². The highest BCUT2D eigenvalue weighted by Crippen LogP contribution is 2.21. The molecule has 1 atom stereocenters. The summed E-state index contributed by atoms with van der Waals surface area (Å²) in [7, 11) is 3.31. The molecule has 0 aliphatic rings. The standard InChI is InChI=1S/C29H30N4O6/c1-18-21(16-30-29(36)37)11-14-23-25(18)27(35)39-28(31-23)32-24(15-19-9-12-22(38-3)13-10-19)26(34)33(2)17-20-7-5-4-6-8-20/h4-14,24,30H,15-17H2,1-3H3,(H,31,32)(H,36,37)/t24-/m0/s1. The van der Waals surface area contributed by atoms with E-state index >= 15 is 0 Å². The van der Waals surface area contributed by atoms with Crippen LogP contribution in [0.4, 0.5) is 10.8 Å². The summed E-state index contributed by atoms with van der Waals surface area (Å²) < 4.78 is 10.7. The summed E-state index contributed by atoms with van der Waals surface area (Å²) >= 11 is 0. The Hall–Kier alpha value is -4.86. The lowest BCUT2D eigenvalue weighted by Gasteiger charge is -2.25. The van der Waals surface area contributed by atoms with Gasteiger partial charge in [0.05, 0.1) is 18.0 Å². The van der Waals surface area contributed by atoms with E-state index in [1.54, 1.807) is 38.1 Å². The minimum Gasteiger partial charge on any atom is -0.497 e. The molecule has 0 unspecified atom stereocenters. The van der Waals surface area contributed by atoms with Crippen molar-refractivity contribution in [1.82, 2.24) is 15.2 Å². The first-order valence-corrected chi connectivity index (χ1v) is 12.3. The Kier molecular flexibility index (Phi) is 8.45. The number of hydrogen-bond acceptors (Lipinski definition) is 7. The summed E-state index contributed by atoms with van der Waals surface area (Å²) in [4.78, 5) is 43.5. The predicted octanol–water partition coefficient (Wildman–Crippen LogP) is 3.95. The van der Waals surface area contributed by atoms with E-state index in [1.165, 1.54) is 0 Å². The number of carbonyl (C=O) groups excluding carboxylic acids is 1. The van der Waals surface area contributed by atoms with Crippen LogP contribution in [0.1, 0.15) is 22.3 Å². The first-order chi connectivity index (χ1) is 18.7. The Morgan fingerprint density at radius 1 is 1.05 bits per heavy atom. The number of hydrogen-bond donors (Lipinski definition) is 3. The van der Waals surface area contributed by atoms with Crippen molar-refractivity contribution in [1.29, 1.82) is 0 Å². The summed E-state index contributed by atoms with van der Waals surface area (Å²) in [6.45, 7) is 2.16. The van der Waals surface area contributed by atoms with E-state index < -0.39 is 17.8 Å². The summed E-state index contributed by atoms with van der Waals surface area (Å²) in [6.07, 6.45) is -0.853. The van der Waals surface area contributed by atoms with Gasteiger partial charge in [-0.25, -0.2) is 9.59 Å². The zero-order valence-electron chi connectivity index (χ0n) is 21.9. The lowest BCUT2D eigenvalue weighted by Crippen LogP contribution is -2.42. The van der Waals surface area contributed by atoms with Crippen molar-refractivity contribution in [3.8, 4) is 5.75 Å². The molecule has 10 heteroatoms. The molecule has 0 aliphatic carbocycles. The van der Waals surface area contributed by atoms with Gasteiger partial charge in [-0.2, -0.15) is 4.98 Å². The van der Waals surface area contributed by atoms with Crippen LogP contribution in [-0.2, 0) is 24.3 Å². The van der Waals surface area contributed by atoms with Gasteiger partial charge in [-0.05, 0) is 47.4 Å². The second kappa shape index (κ2) is 12.1. The molecule has 1 aromatic heterocycles. The number of benzene rings is 3. The number of fused-ring (bicyclic) bond motifs is 1. The number of aryl methyl sites for hydroxylation is 1. The molecule has 0 fully saturated rings. The molecule has 39 heavy (non-hydrogen) atoms. The van der Waals surface area contributed by atoms with E-state index in [1.807, 2.05) is 54.6 Å². The molecule has 4 rings (SSSR count). The Morgan fingerprint density at radius 3 is 2.44 bits per heavy atom. The lowest BCUT2D eigenvalue weighted by atomic mass is 10.0. The van der Waals surface area contributed by atoms with E-state index in [-0.39, 0.29) is 23.9 Å². The number of ether oxygens (including phenoxy) is 1. The monoisotopic (exact) mass is 530 g/mol. The van der Waals surface area contributed by atoms with Gasteiger partial charge in [0, 0.05) is 26.6 Å². The minimum atomic E-state index is -1.16. The van der Waals surface area contributed by atoms with Crippen LogP contribution in [0.2, 0.25) is 0 Å². The molecular formula is C29H30N4O6. The van der Waals surface area contributed by atoms with Gasteiger partial charge in [0.15, 0.2) is 0 Å². The van der Waals surface area contributed by atoms with Gasteiger partial charge in [-0.15, -0.1) is 0 Å². The van der Waals surface area contributed by atoms with Gasteiger partial charge in [0.1, 0.15) is 11.8 Å². The maximum atomic E-state index is 13.6. The van der Waals surface area contributed by atoms with Crippen LogP contribution in [0.15, 0.2) is 75.9 Å². The van der Waals surface area contributed by atoms with Gasteiger partial charge in [0.2, 0.25) is 5.91 Å². The van der Waals surface area contributed by atoms with E-state index in [0.717, 1.165) is 11.1 Å². The average Bonchev–Trinajstić information content (AvgIpc) is 2.92. The highest BCUT2D eigenvalue weighted by atomic mass is 16.5. The van der Waals surface area contributed by atoms with Gasteiger partial charge in [-0.3, -0.25) is 4.79 Å². The Morgan fingerprint density at radius 2 is 1.77 bits per heavy atom. The summed E-state index contributed by atoms with van der Waals surface area (Å²) in [5.41, 5.74) is 2.81. The molecule has 0 radical (unpaired) electrons. The average molecular weight is 531 g/mol. The molecule has 10 nitrogen and oxygen atoms in total. The van der Waals surface area contributed by atoms with Crippen LogP contribution in [0.3, 0.4) is 0 Å². The first kappa shape index (κ1) is 27.2. The molecule has 1 heterocycles. The second-order valence-corrected chi connectivity index (χ2v) is 9.14. The van der Waals surface area contributed by atoms with Crippen molar-refractivity contribution in [2.24, 2.45) is 0 Å². The van der Waals surface area contributed by atoms with Gasteiger partial charge in [-0.1, -0.05) is 48.5 Å². The maximum Gasteiger partial charge on any atom is 0.404 e. The number of anilines is 1. The largest absolute Gasteiger partial charge is 0.497 e. The van der Waals surface area contributed by atoms with E-state index in [2.05, 4.69) is 15.6 Å². The highest BCUT2D eigenvalue weighted by molar-refractivity contribution is 5.85. The number of nitrogens with zero attached hydrogens (tertiary/aromatic N) is 2. The first-order valence-electron chi connectivity index (χ1n) is 12.3. The zero-order valence-corrected chi connectivity index (χ0v) is 21.9. The molecule has 3 N–H and O–H groups in total. The van der Waals surface area contributed by atoms with Crippen molar-refractivity contribution < 1.29 is 23.8 Å². The Labute approximate surface area is 225 Å². The number of rotatable bonds is 10. The minimum absolute atomic E-state index is 0.0444. The molecule has 4 aromatic rings. The van der Waals surface area contributed by atoms with Crippen LogP contribution in [0.25, 0.3) is 10.9 Å². The smallest absolute Gasteiger partial charge is 0.404 e. The third-order valence-electron chi connectivity index (χ3n) is 6.43. The maximum absolute atomic E-state index is 13.6. The van der Waals surface area contributed by atoms with Crippen LogP contribution in [-0.4, -0.2) is 47.2 Å². The molecular weight excluding hydrogens is 500 g/mol. The fraction of sp³-hybridized carbons (Fsp3) is 0.241. The van der Waals surface area contributed by atoms with Crippen molar-refractivity contribution >= 4 is 28.9 Å².